The molecule has 0 bridgehead atoms. The van der Waals surface area contributed by atoms with Gasteiger partial charge in [0.15, 0.2) is 0 Å². The van der Waals surface area contributed by atoms with Gasteiger partial charge in [-0.2, -0.15) is 17.4 Å². The molecule has 1 saturated carbocycles. The number of rotatable bonds is 6. The number of nitrogens with zero attached hydrogens (tertiary/aromatic N) is 2. The normalized spacial score (nSPS) is 26.5. The second kappa shape index (κ2) is 7.99. The molecule has 1 aliphatic carbocycles. The van der Waals surface area contributed by atoms with Crippen LogP contribution in [-0.2, 0) is 10.2 Å². The van der Waals surface area contributed by atoms with Crippen molar-refractivity contribution in [3.05, 3.63) is 23.9 Å². The summed E-state index contributed by atoms with van der Waals surface area (Å²) >= 11 is 0. The van der Waals surface area contributed by atoms with Gasteiger partial charge in [-0.15, -0.1) is 0 Å². The first-order valence-electron chi connectivity index (χ1n) is 8.95. The Bertz CT molecular complexity index is 651. The predicted octanol–water partition coefficient (Wildman–Crippen LogP) is 1.61. The zero-order valence-corrected chi connectivity index (χ0v) is 15.4. The molecule has 1 aromatic heterocycles. The van der Waals surface area contributed by atoms with Crippen LogP contribution in [0.2, 0.25) is 0 Å². The Hall–Kier alpha value is -1.22. The van der Waals surface area contributed by atoms with Crippen molar-refractivity contribution < 1.29 is 18.3 Å². The van der Waals surface area contributed by atoms with Crippen LogP contribution in [0.15, 0.2) is 18.3 Å². The second-order valence-electron chi connectivity index (χ2n) is 6.93. The molecule has 7 nitrogen and oxygen atoms in total. The molecule has 0 spiro atoms. The van der Waals surface area contributed by atoms with Gasteiger partial charge in [0, 0.05) is 25.4 Å². The molecule has 2 heterocycles. The molecule has 2 aliphatic rings. The topological polar surface area (TPSA) is 91.8 Å². The van der Waals surface area contributed by atoms with E-state index in [-0.39, 0.29) is 18.1 Å². The molecular weight excluding hydrogens is 342 g/mol. The first-order chi connectivity index (χ1) is 12.0. The summed E-state index contributed by atoms with van der Waals surface area (Å²) in [7, 11) is -2.02. The molecule has 0 radical (unpaired) electrons. The van der Waals surface area contributed by atoms with Crippen molar-refractivity contribution in [2.24, 2.45) is 5.92 Å². The van der Waals surface area contributed by atoms with Crippen LogP contribution < -0.4 is 9.46 Å². The molecule has 2 fully saturated rings. The van der Waals surface area contributed by atoms with E-state index in [0.29, 0.717) is 31.8 Å². The smallest absolute Gasteiger partial charge is 0.280 e. The molecule has 1 unspecified atom stereocenters. The van der Waals surface area contributed by atoms with Crippen LogP contribution in [0.3, 0.4) is 0 Å². The minimum absolute atomic E-state index is 0.0759. The van der Waals surface area contributed by atoms with Crippen LogP contribution in [-0.4, -0.2) is 49.1 Å². The van der Waals surface area contributed by atoms with E-state index in [1.165, 1.54) is 0 Å². The standard InChI is InChI=1S/C17H27N3O4S/c1-24-16-7-6-13(12-18-16)17(14-10-15(21)11-14)19-25(22,23)20-8-4-2-3-5-9-20/h6-7,12,14-15,17,19,21H,2-5,8-11H2,1H3. The molecule has 1 aliphatic heterocycles. The summed E-state index contributed by atoms with van der Waals surface area (Å²) in [5.74, 6) is 0.568. The molecule has 8 heteroatoms. The summed E-state index contributed by atoms with van der Waals surface area (Å²) < 4.78 is 35.3. The maximum Gasteiger partial charge on any atom is 0.280 e. The fourth-order valence-corrected chi connectivity index (χ4v) is 5.09. The van der Waals surface area contributed by atoms with Crippen LogP contribution in [0, 0.1) is 5.92 Å². The summed E-state index contributed by atoms with van der Waals surface area (Å²) in [4.78, 5) is 4.20. The van der Waals surface area contributed by atoms with E-state index in [9.17, 15) is 13.5 Å². The van der Waals surface area contributed by atoms with E-state index in [1.54, 1.807) is 23.7 Å². The minimum atomic E-state index is -3.57. The van der Waals surface area contributed by atoms with Crippen molar-refractivity contribution in [2.45, 2.75) is 50.7 Å². The first kappa shape index (κ1) is 18.6. The largest absolute Gasteiger partial charge is 0.481 e. The second-order valence-corrected chi connectivity index (χ2v) is 8.64. The number of hydrogen-bond acceptors (Lipinski definition) is 5. The summed E-state index contributed by atoms with van der Waals surface area (Å²) in [6.07, 6.45) is 6.45. The number of pyridine rings is 1. The highest BCUT2D eigenvalue weighted by Gasteiger charge is 2.38. The average molecular weight is 369 g/mol. The van der Waals surface area contributed by atoms with Crippen LogP contribution >= 0.6 is 0 Å². The fourth-order valence-electron chi connectivity index (χ4n) is 3.55. The Balaban J connectivity index is 1.78. The van der Waals surface area contributed by atoms with E-state index in [4.69, 9.17) is 4.74 Å². The summed E-state index contributed by atoms with van der Waals surface area (Å²) in [5, 5.41) is 9.66. The third-order valence-corrected chi connectivity index (χ3v) is 6.73. The number of hydrogen-bond donors (Lipinski definition) is 2. The van der Waals surface area contributed by atoms with E-state index >= 15 is 0 Å². The van der Waals surface area contributed by atoms with Crippen LogP contribution in [0.1, 0.15) is 50.1 Å². The van der Waals surface area contributed by atoms with Crippen molar-refractivity contribution in [1.82, 2.24) is 14.0 Å². The van der Waals surface area contributed by atoms with Crippen molar-refractivity contribution in [1.29, 1.82) is 0 Å². The quantitative estimate of drug-likeness (QED) is 0.795. The van der Waals surface area contributed by atoms with Gasteiger partial charge in [-0.25, -0.2) is 4.98 Å². The van der Waals surface area contributed by atoms with Gasteiger partial charge in [0.1, 0.15) is 0 Å². The maximum atomic E-state index is 12.9. The Morgan fingerprint density at radius 3 is 2.44 bits per heavy atom. The lowest BCUT2D eigenvalue weighted by molar-refractivity contribution is 0.0276. The fraction of sp³-hybridized carbons (Fsp3) is 0.706. The van der Waals surface area contributed by atoms with Gasteiger partial charge < -0.3 is 9.84 Å². The molecule has 1 aromatic rings. The lowest BCUT2D eigenvalue weighted by atomic mass is 9.76. The number of ether oxygens (including phenoxy) is 1. The average Bonchev–Trinajstić information content (AvgIpc) is 2.87. The van der Waals surface area contributed by atoms with E-state index in [0.717, 1.165) is 31.2 Å². The lowest BCUT2D eigenvalue weighted by Gasteiger charge is -2.38. The highest BCUT2D eigenvalue weighted by molar-refractivity contribution is 7.87. The first-order valence-corrected chi connectivity index (χ1v) is 10.4. The number of aliphatic hydroxyl groups is 1. The van der Waals surface area contributed by atoms with Crippen molar-refractivity contribution >= 4 is 10.2 Å². The van der Waals surface area contributed by atoms with E-state index in [1.807, 2.05) is 6.07 Å². The van der Waals surface area contributed by atoms with Crippen molar-refractivity contribution in [3.63, 3.8) is 0 Å². The van der Waals surface area contributed by atoms with Gasteiger partial charge in [-0.1, -0.05) is 18.9 Å². The maximum absolute atomic E-state index is 12.9. The Labute approximate surface area is 149 Å². The van der Waals surface area contributed by atoms with Crippen molar-refractivity contribution in [3.8, 4) is 5.88 Å². The highest BCUT2D eigenvalue weighted by Crippen LogP contribution is 2.38. The summed E-state index contributed by atoms with van der Waals surface area (Å²) in [5.41, 5.74) is 0.802. The SMILES string of the molecule is COc1ccc(C(NS(=O)(=O)N2CCCCCC2)C2CC(O)C2)cn1. The molecule has 25 heavy (non-hydrogen) atoms. The Kier molecular flexibility index (Phi) is 5.93. The predicted molar refractivity (Wildman–Crippen MR) is 94.4 cm³/mol. The molecule has 2 N–H and O–H groups in total. The minimum Gasteiger partial charge on any atom is -0.481 e. The summed E-state index contributed by atoms with van der Waals surface area (Å²) in [6.45, 7) is 1.13. The van der Waals surface area contributed by atoms with Gasteiger partial charge in [-0.3, -0.25) is 0 Å². The molecule has 1 saturated heterocycles. The van der Waals surface area contributed by atoms with E-state index < -0.39 is 10.2 Å². The van der Waals surface area contributed by atoms with Crippen LogP contribution in [0.25, 0.3) is 0 Å². The Morgan fingerprint density at radius 2 is 1.92 bits per heavy atom. The third-order valence-electron chi connectivity index (χ3n) is 5.13. The van der Waals surface area contributed by atoms with Crippen LogP contribution in [0.5, 0.6) is 5.88 Å². The van der Waals surface area contributed by atoms with Crippen LogP contribution in [0.4, 0.5) is 0 Å². The zero-order valence-electron chi connectivity index (χ0n) is 14.6. The molecule has 140 valence electrons. The van der Waals surface area contributed by atoms with Gasteiger partial charge in [0.05, 0.1) is 19.3 Å². The lowest BCUT2D eigenvalue weighted by Crippen LogP contribution is -2.47. The zero-order chi connectivity index (χ0) is 17.9. The number of nitrogens with one attached hydrogen (secondary N) is 1. The van der Waals surface area contributed by atoms with Crippen molar-refractivity contribution in [2.75, 3.05) is 20.2 Å². The molecular formula is C17H27N3O4S. The highest BCUT2D eigenvalue weighted by atomic mass is 32.2. The van der Waals surface area contributed by atoms with Gasteiger partial charge in [-0.05, 0) is 37.2 Å². The van der Waals surface area contributed by atoms with Gasteiger partial charge in [0.2, 0.25) is 5.88 Å². The van der Waals surface area contributed by atoms with Gasteiger partial charge in [0.25, 0.3) is 10.2 Å². The molecule has 0 amide bonds. The summed E-state index contributed by atoms with van der Waals surface area (Å²) in [6, 6.07) is 3.19. The number of methoxy groups -OCH3 is 1. The monoisotopic (exact) mass is 369 g/mol. The molecule has 0 aromatic carbocycles. The molecule has 3 rings (SSSR count). The number of aliphatic hydroxyl groups excluding tert-OH is 1. The Morgan fingerprint density at radius 1 is 1.24 bits per heavy atom. The molecule has 1 atom stereocenters. The van der Waals surface area contributed by atoms with E-state index in [2.05, 4.69) is 9.71 Å². The van der Waals surface area contributed by atoms with Gasteiger partial charge >= 0.3 is 0 Å². The number of aromatic nitrogens is 1. The third kappa shape index (κ3) is 4.49.